The largest absolute Gasteiger partial charge is 0.497 e. The van der Waals surface area contributed by atoms with Gasteiger partial charge in [0.1, 0.15) is 5.75 Å². The number of aromatic nitrogens is 3. The van der Waals surface area contributed by atoms with Crippen molar-refractivity contribution in [1.29, 1.82) is 0 Å². The molecule has 1 aromatic heterocycles. The van der Waals surface area contributed by atoms with Crippen LogP contribution < -0.4 is 14.2 Å². The summed E-state index contributed by atoms with van der Waals surface area (Å²) in [5.41, 5.74) is 3.22. The smallest absolute Gasteiger partial charge is 0.233 e. The number of methoxy groups -OCH3 is 3. The topological polar surface area (TPSA) is 78.7 Å². The molecule has 3 aromatic rings. The monoisotopic (exact) mass is 454 g/mol. The molecule has 0 spiro atoms. The Balaban J connectivity index is 1.41. The highest BCUT2D eigenvalue weighted by molar-refractivity contribution is 7.99. The highest BCUT2D eigenvalue weighted by Crippen LogP contribution is 2.33. The van der Waals surface area contributed by atoms with Crippen LogP contribution in [0.3, 0.4) is 0 Å². The third-order valence-corrected chi connectivity index (χ3v) is 6.58. The van der Waals surface area contributed by atoms with Gasteiger partial charge in [0, 0.05) is 25.7 Å². The van der Waals surface area contributed by atoms with Crippen LogP contribution in [-0.4, -0.2) is 59.2 Å². The van der Waals surface area contributed by atoms with Crippen LogP contribution in [0.2, 0.25) is 0 Å². The summed E-state index contributed by atoms with van der Waals surface area (Å²) in [6, 6.07) is 11.6. The minimum Gasteiger partial charge on any atom is -0.497 e. The van der Waals surface area contributed by atoms with Crippen LogP contribution in [0, 0.1) is 0 Å². The minimum absolute atomic E-state index is 0.0735. The van der Waals surface area contributed by atoms with Crippen molar-refractivity contribution in [2.45, 2.75) is 18.1 Å². The maximum atomic E-state index is 12.9. The van der Waals surface area contributed by atoms with E-state index in [2.05, 4.69) is 10.2 Å². The van der Waals surface area contributed by atoms with E-state index in [9.17, 15) is 4.79 Å². The van der Waals surface area contributed by atoms with Crippen LogP contribution >= 0.6 is 11.8 Å². The second-order valence-electron chi connectivity index (χ2n) is 7.42. The zero-order chi connectivity index (χ0) is 22.7. The number of ether oxygens (including phenoxy) is 3. The van der Waals surface area contributed by atoms with E-state index in [1.165, 1.54) is 17.3 Å². The quantitative estimate of drug-likeness (QED) is 0.507. The second-order valence-corrected chi connectivity index (χ2v) is 8.37. The Morgan fingerprint density at radius 1 is 1.00 bits per heavy atom. The Hall–Kier alpha value is -3.20. The molecule has 0 radical (unpaired) electrons. The molecule has 4 rings (SSSR count). The molecule has 2 aromatic carbocycles. The lowest BCUT2D eigenvalue weighted by molar-refractivity contribution is -0.129. The Kier molecular flexibility index (Phi) is 6.55. The van der Waals surface area contributed by atoms with Crippen LogP contribution in [0.5, 0.6) is 17.2 Å². The van der Waals surface area contributed by atoms with Gasteiger partial charge in [-0.25, -0.2) is 0 Å². The highest BCUT2D eigenvalue weighted by atomic mass is 32.2. The van der Waals surface area contributed by atoms with Crippen molar-refractivity contribution >= 4 is 17.7 Å². The number of rotatable bonds is 7. The lowest BCUT2D eigenvalue weighted by Crippen LogP contribution is -2.37. The highest BCUT2D eigenvalue weighted by Gasteiger charge is 2.23. The molecular formula is C23H26N4O4S. The fraction of sp³-hybridized carbons (Fsp3) is 0.348. The Morgan fingerprint density at radius 3 is 2.34 bits per heavy atom. The van der Waals surface area contributed by atoms with Gasteiger partial charge in [0.15, 0.2) is 22.5 Å². The molecule has 0 N–H and O–H groups in total. The maximum absolute atomic E-state index is 12.9. The first-order chi connectivity index (χ1) is 15.5. The van der Waals surface area contributed by atoms with E-state index in [1.807, 2.05) is 52.9 Å². The van der Waals surface area contributed by atoms with Crippen molar-refractivity contribution in [1.82, 2.24) is 19.7 Å². The lowest BCUT2D eigenvalue weighted by Gasteiger charge is -2.29. The summed E-state index contributed by atoms with van der Waals surface area (Å²) in [6.45, 7) is 1.24. The first kappa shape index (κ1) is 22.0. The third-order valence-electron chi connectivity index (χ3n) is 5.58. The molecule has 1 aliphatic rings. The number of amides is 1. The van der Waals surface area contributed by atoms with Crippen LogP contribution in [0.1, 0.15) is 11.1 Å². The molecule has 0 atom stereocenters. The van der Waals surface area contributed by atoms with E-state index in [-0.39, 0.29) is 5.91 Å². The van der Waals surface area contributed by atoms with Gasteiger partial charge in [0.25, 0.3) is 0 Å². The maximum Gasteiger partial charge on any atom is 0.233 e. The number of hydrogen-bond acceptors (Lipinski definition) is 7. The molecule has 0 unspecified atom stereocenters. The number of thioether (sulfide) groups is 1. The number of nitrogens with zero attached hydrogens (tertiary/aromatic N) is 4. The van der Waals surface area contributed by atoms with Gasteiger partial charge in [-0.1, -0.05) is 11.8 Å². The summed E-state index contributed by atoms with van der Waals surface area (Å²) in [7, 11) is 6.79. The molecule has 2 heterocycles. The molecule has 0 saturated heterocycles. The summed E-state index contributed by atoms with van der Waals surface area (Å²) >= 11 is 1.40. The molecule has 32 heavy (non-hydrogen) atoms. The zero-order valence-electron chi connectivity index (χ0n) is 18.6. The van der Waals surface area contributed by atoms with Crippen LogP contribution in [0.15, 0.2) is 41.6 Å². The average molecular weight is 455 g/mol. The van der Waals surface area contributed by atoms with Crippen molar-refractivity contribution in [3.8, 4) is 28.6 Å². The van der Waals surface area contributed by atoms with E-state index in [4.69, 9.17) is 14.2 Å². The molecule has 0 aliphatic carbocycles. The Labute approximate surface area is 191 Å². The summed E-state index contributed by atoms with van der Waals surface area (Å²) in [5, 5.41) is 9.27. The summed E-state index contributed by atoms with van der Waals surface area (Å²) in [6.07, 6.45) is 0.789. The zero-order valence-corrected chi connectivity index (χ0v) is 19.4. The van der Waals surface area contributed by atoms with Gasteiger partial charge in [-0.3, -0.25) is 4.79 Å². The number of carbonyl (C=O) groups is 1. The third kappa shape index (κ3) is 4.38. The molecule has 0 bridgehead atoms. The van der Waals surface area contributed by atoms with Crippen molar-refractivity contribution in [3.63, 3.8) is 0 Å². The summed E-state index contributed by atoms with van der Waals surface area (Å²) < 4.78 is 17.9. The second kappa shape index (κ2) is 9.52. The predicted molar refractivity (Wildman–Crippen MR) is 122 cm³/mol. The SMILES string of the molecule is COc1ccc(-c2nnc(SCC(=O)N3CCc4cc(OC)c(OC)cc4C3)n2C)cc1. The van der Waals surface area contributed by atoms with Crippen molar-refractivity contribution in [2.24, 2.45) is 7.05 Å². The number of carbonyl (C=O) groups excluding carboxylic acids is 1. The molecule has 8 nitrogen and oxygen atoms in total. The van der Waals surface area contributed by atoms with E-state index in [1.54, 1.807) is 21.3 Å². The van der Waals surface area contributed by atoms with Gasteiger partial charge >= 0.3 is 0 Å². The summed E-state index contributed by atoms with van der Waals surface area (Å²) in [4.78, 5) is 14.8. The normalized spacial score (nSPS) is 12.9. The first-order valence-corrected chi connectivity index (χ1v) is 11.2. The molecule has 0 fully saturated rings. The number of hydrogen-bond donors (Lipinski definition) is 0. The van der Waals surface area contributed by atoms with Crippen molar-refractivity contribution in [3.05, 3.63) is 47.5 Å². The van der Waals surface area contributed by atoms with Gasteiger partial charge in [0.05, 0.1) is 27.1 Å². The standard InChI is InChI=1S/C23H26N4O4S/c1-26-22(15-5-7-18(29-2)8-6-15)24-25-23(26)32-14-21(28)27-10-9-16-11-19(30-3)20(31-4)12-17(16)13-27/h5-8,11-12H,9-10,13-14H2,1-4H3. The average Bonchev–Trinajstić information content (AvgIpc) is 3.21. The van der Waals surface area contributed by atoms with Crippen LogP contribution in [-0.2, 0) is 24.8 Å². The van der Waals surface area contributed by atoms with Gasteiger partial charge in [-0.15, -0.1) is 10.2 Å². The Bertz CT molecular complexity index is 1110. The van der Waals surface area contributed by atoms with E-state index in [0.717, 1.165) is 34.9 Å². The number of fused-ring (bicyclic) bond motifs is 1. The molecule has 1 aliphatic heterocycles. The van der Waals surface area contributed by atoms with E-state index in [0.29, 0.717) is 29.7 Å². The van der Waals surface area contributed by atoms with E-state index >= 15 is 0 Å². The van der Waals surface area contributed by atoms with E-state index < -0.39 is 0 Å². The van der Waals surface area contributed by atoms with Crippen LogP contribution in [0.25, 0.3) is 11.4 Å². The van der Waals surface area contributed by atoms with Gasteiger partial charge in [-0.05, 0) is 53.9 Å². The number of benzene rings is 2. The van der Waals surface area contributed by atoms with Gasteiger partial charge in [-0.2, -0.15) is 0 Å². The minimum atomic E-state index is 0.0735. The Morgan fingerprint density at radius 2 is 1.69 bits per heavy atom. The molecule has 9 heteroatoms. The van der Waals surface area contributed by atoms with Crippen molar-refractivity contribution in [2.75, 3.05) is 33.6 Å². The predicted octanol–water partition coefficient (Wildman–Crippen LogP) is 3.18. The first-order valence-electron chi connectivity index (χ1n) is 10.2. The van der Waals surface area contributed by atoms with Crippen molar-refractivity contribution < 1.29 is 19.0 Å². The van der Waals surface area contributed by atoms with Gasteiger partial charge < -0.3 is 23.7 Å². The summed E-state index contributed by atoms with van der Waals surface area (Å²) in [5.74, 6) is 3.31. The fourth-order valence-corrected chi connectivity index (χ4v) is 4.56. The molecule has 0 saturated carbocycles. The lowest BCUT2D eigenvalue weighted by atomic mass is 9.99. The molecule has 1 amide bonds. The molecular weight excluding hydrogens is 428 g/mol. The fourth-order valence-electron chi connectivity index (χ4n) is 3.75. The van der Waals surface area contributed by atoms with Crippen LogP contribution in [0.4, 0.5) is 0 Å². The molecule has 168 valence electrons. The van der Waals surface area contributed by atoms with Gasteiger partial charge in [0.2, 0.25) is 5.91 Å².